The van der Waals surface area contributed by atoms with E-state index in [1.807, 2.05) is 30.9 Å². The van der Waals surface area contributed by atoms with Crippen molar-refractivity contribution < 1.29 is 14.6 Å². The number of aromatic nitrogens is 5. The molecule has 4 aromatic heterocycles. The number of nitrogens with zero attached hydrogens (tertiary/aromatic N) is 7. The number of hydrogen-bond donors (Lipinski definition) is 1. The summed E-state index contributed by atoms with van der Waals surface area (Å²) in [5, 5.41) is 24.1. The third-order valence-electron chi connectivity index (χ3n) is 6.49. The Morgan fingerprint density at radius 1 is 1.22 bits per heavy atom. The third kappa shape index (κ3) is 5.58. The fraction of sp³-hybridized carbons (Fsp3) is 0.407. The number of methoxy groups -OCH3 is 1. The van der Waals surface area contributed by atoms with E-state index in [-0.39, 0.29) is 12.6 Å². The zero-order valence-corrected chi connectivity index (χ0v) is 21.3. The van der Waals surface area contributed by atoms with E-state index in [2.05, 4.69) is 31.7 Å². The summed E-state index contributed by atoms with van der Waals surface area (Å²) < 4.78 is 14.8. The highest BCUT2D eigenvalue weighted by Crippen LogP contribution is 2.32. The number of imidazole rings is 1. The van der Waals surface area contributed by atoms with Crippen molar-refractivity contribution in [3.8, 4) is 29.0 Å². The average molecular weight is 502 g/mol. The van der Waals surface area contributed by atoms with Crippen LogP contribution in [0.4, 0.5) is 0 Å². The van der Waals surface area contributed by atoms with E-state index in [9.17, 15) is 10.4 Å². The first kappa shape index (κ1) is 24.7. The topological polar surface area (TPSA) is 114 Å². The van der Waals surface area contributed by atoms with Crippen LogP contribution >= 0.6 is 0 Å². The van der Waals surface area contributed by atoms with Gasteiger partial charge in [-0.1, -0.05) is 6.07 Å². The molecule has 5 heterocycles. The molecular formula is C27H31N7O3. The molecule has 0 bridgehead atoms. The Morgan fingerprint density at radius 2 is 2.08 bits per heavy atom. The van der Waals surface area contributed by atoms with Gasteiger partial charge in [-0.2, -0.15) is 10.4 Å². The van der Waals surface area contributed by atoms with Crippen molar-refractivity contribution in [2.75, 3.05) is 26.8 Å². The van der Waals surface area contributed by atoms with E-state index in [0.717, 1.165) is 49.3 Å². The Kier molecular flexibility index (Phi) is 6.82. The molecule has 5 rings (SSSR count). The lowest BCUT2D eigenvalue weighted by Crippen LogP contribution is -2.35. The molecule has 1 atom stereocenters. The minimum Gasteiger partial charge on any atom is -0.489 e. The Bertz CT molecular complexity index is 1410. The lowest BCUT2D eigenvalue weighted by atomic mass is 10.0. The van der Waals surface area contributed by atoms with Crippen LogP contribution < -0.4 is 9.47 Å². The van der Waals surface area contributed by atoms with Crippen molar-refractivity contribution in [3.05, 3.63) is 60.4 Å². The molecule has 4 aromatic rings. The van der Waals surface area contributed by atoms with Crippen molar-refractivity contribution in [1.82, 2.24) is 29.0 Å². The van der Waals surface area contributed by atoms with Crippen LogP contribution in [0.2, 0.25) is 0 Å². The lowest BCUT2D eigenvalue weighted by molar-refractivity contribution is 0.0283. The number of aliphatic hydroxyl groups is 1. The molecule has 0 spiro atoms. The molecule has 37 heavy (non-hydrogen) atoms. The summed E-state index contributed by atoms with van der Waals surface area (Å²) in [4.78, 5) is 11.5. The Balaban J connectivity index is 1.38. The Hall–Kier alpha value is -3.94. The van der Waals surface area contributed by atoms with Gasteiger partial charge in [0.25, 0.3) is 0 Å². The fourth-order valence-corrected chi connectivity index (χ4v) is 4.69. The van der Waals surface area contributed by atoms with Crippen molar-refractivity contribution in [2.24, 2.45) is 0 Å². The standard InChI is InChI=1S/C27H31N7O3/c1-27(2,35)17-37-22-9-23(26-20(10-28)12-31-34(26)15-22)24-16-33(18-30-24)21-5-4-8-32(14-21)13-19-6-7-25(36-3)29-11-19/h6-7,9,11-12,15-16,18,21,35H,4-5,8,13-14,17H2,1-3H3/t21-/m0/s1. The van der Waals surface area contributed by atoms with Gasteiger partial charge in [-0.25, -0.2) is 14.5 Å². The smallest absolute Gasteiger partial charge is 0.212 e. The Morgan fingerprint density at radius 3 is 2.81 bits per heavy atom. The van der Waals surface area contributed by atoms with Gasteiger partial charge < -0.3 is 19.1 Å². The van der Waals surface area contributed by atoms with Crippen LogP contribution in [-0.4, -0.2) is 66.6 Å². The van der Waals surface area contributed by atoms with E-state index < -0.39 is 5.60 Å². The molecule has 1 saturated heterocycles. The molecule has 1 N–H and O–H groups in total. The van der Waals surface area contributed by atoms with Crippen molar-refractivity contribution >= 4 is 5.52 Å². The number of nitriles is 1. The summed E-state index contributed by atoms with van der Waals surface area (Å²) in [6.07, 6.45) is 11.2. The van der Waals surface area contributed by atoms with Crippen molar-refractivity contribution in [3.63, 3.8) is 0 Å². The predicted octanol–water partition coefficient (Wildman–Crippen LogP) is 3.46. The van der Waals surface area contributed by atoms with Crippen LogP contribution in [0.15, 0.2) is 49.3 Å². The van der Waals surface area contributed by atoms with Crippen molar-refractivity contribution in [2.45, 2.75) is 44.9 Å². The molecule has 0 aliphatic carbocycles. The Labute approximate surface area is 215 Å². The third-order valence-corrected chi connectivity index (χ3v) is 6.49. The number of piperidine rings is 1. The van der Waals surface area contributed by atoms with Gasteiger partial charge in [0.2, 0.25) is 5.88 Å². The maximum absolute atomic E-state index is 10.1. The van der Waals surface area contributed by atoms with E-state index in [1.54, 1.807) is 37.9 Å². The monoisotopic (exact) mass is 501 g/mol. The molecule has 10 heteroatoms. The molecule has 0 saturated carbocycles. The molecule has 0 aromatic carbocycles. The van der Waals surface area contributed by atoms with Gasteiger partial charge in [-0.3, -0.25) is 4.90 Å². The molecule has 1 aliphatic rings. The molecule has 1 fully saturated rings. The summed E-state index contributed by atoms with van der Waals surface area (Å²) in [5.74, 6) is 1.16. The van der Waals surface area contributed by atoms with Gasteiger partial charge in [0.15, 0.2) is 0 Å². The van der Waals surface area contributed by atoms with Gasteiger partial charge in [-0.15, -0.1) is 0 Å². The number of likely N-dealkylation sites (tertiary alicyclic amines) is 1. The van der Waals surface area contributed by atoms with Crippen LogP contribution in [0, 0.1) is 11.3 Å². The van der Waals surface area contributed by atoms with E-state index in [1.165, 1.54) is 0 Å². The van der Waals surface area contributed by atoms with Crippen LogP contribution in [-0.2, 0) is 6.54 Å². The van der Waals surface area contributed by atoms with Crippen LogP contribution in [0.25, 0.3) is 16.8 Å². The molecule has 0 amide bonds. The minimum atomic E-state index is -0.979. The summed E-state index contributed by atoms with van der Waals surface area (Å²) in [5.41, 5.74) is 2.83. The van der Waals surface area contributed by atoms with Crippen molar-refractivity contribution in [1.29, 1.82) is 5.26 Å². The maximum atomic E-state index is 10.1. The lowest BCUT2D eigenvalue weighted by Gasteiger charge is -2.33. The largest absolute Gasteiger partial charge is 0.489 e. The number of pyridine rings is 2. The summed E-state index contributed by atoms with van der Waals surface area (Å²) in [7, 11) is 1.62. The summed E-state index contributed by atoms with van der Waals surface area (Å²) in [6, 6.07) is 8.32. The molecule has 10 nitrogen and oxygen atoms in total. The van der Waals surface area contributed by atoms with Gasteiger partial charge in [0.05, 0.1) is 48.2 Å². The predicted molar refractivity (Wildman–Crippen MR) is 137 cm³/mol. The summed E-state index contributed by atoms with van der Waals surface area (Å²) >= 11 is 0. The normalized spacial score (nSPS) is 16.6. The highest BCUT2D eigenvalue weighted by molar-refractivity contribution is 5.83. The summed E-state index contributed by atoms with van der Waals surface area (Å²) in [6.45, 7) is 6.27. The van der Waals surface area contributed by atoms with E-state index in [0.29, 0.717) is 22.7 Å². The van der Waals surface area contributed by atoms with Crippen LogP contribution in [0.1, 0.15) is 43.9 Å². The zero-order chi connectivity index (χ0) is 26.0. The zero-order valence-electron chi connectivity index (χ0n) is 21.3. The minimum absolute atomic E-state index is 0.125. The fourth-order valence-electron chi connectivity index (χ4n) is 4.69. The van der Waals surface area contributed by atoms with Gasteiger partial charge in [0.1, 0.15) is 18.4 Å². The highest BCUT2D eigenvalue weighted by Gasteiger charge is 2.23. The number of hydrogen-bond acceptors (Lipinski definition) is 8. The number of rotatable bonds is 8. The molecule has 0 unspecified atom stereocenters. The van der Waals surface area contributed by atoms with E-state index in [4.69, 9.17) is 14.5 Å². The van der Waals surface area contributed by atoms with Gasteiger partial charge in [0, 0.05) is 43.2 Å². The molecule has 1 aliphatic heterocycles. The maximum Gasteiger partial charge on any atom is 0.212 e. The second kappa shape index (κ2) is 10.2. The quantitative estimate of drug-likeness (QED) is 0.391. The number of fused-ring (bicyclic) bond motifs is 1. The number of ether oxygens (including phenoxy) is 2. The highest BCUT2D eigenvalue weighted by atomic mass is 16.5. The first-order valence-electron chi connectivity index (χ1n) is 12.3. The second-order valence-corrected chi connectivity index (χ2v) is 10.1. The molecular weight excluding hydrogens is 470 g/mol. The first-order valence-corrected chi connectivity index (χ1v) is 12.3. The van der Waals surface area contributed by atoms with Crippen LogP contribution in [0.3, 0.4) is 0 Å². The molecule has 192 valence electrons. The first-order chi connectivity index (χ1) is 17.8. The SMILES string of the molecule is COc1ccc(CN2CCC[C@H](n3cnc(-c4cc(OCC(C)(C)O)cn5ncc(C#N)c45)c3)C2)cn1. The van der Waals surface area contributed by atoms with Gasteiger partial charge in [-0.05, 0) is 44.9 Å². The van der Waals surface area contributed by atoms with Crippen LogP contribution in [0.5, 0.6) is 11.6 Å². The average Bonchev–Trinajstić information content (AvgIpc) is 3.55. The molecule has 0 radical (unpaired) electrons. The van der Waals surface area contributed by atoms with Gasteiger partial charge >= 0.3 is 0 Å². The second-order valence-electron chi connectivity index (χ2n) is 10.1. The van der Waals surface area contributed by atoms with E-state index >= 15 is 0 Å².